The second-order valence-electron chi connectivity index (χ2n) is 16.8. The van der Waals surface area contributed by atoms with Gasteiger partial charge in [-0.2, -0.15) is 5.10 Å². The molecule has 17 nitrogen and oxygen atoms in total. The molecule has 0 bridgehead atoms. The summed E-state index contributed by atoms with van der Waals surface area (Å²) < 4.78 is 8.25. The van der Waals surface area contributed by atoms with E-state index in [2.05, 4.69) is 0 Å². The zero-order chi connectivity index (χ0) is 45.1. The maximum Gasteiger partial charge on any atom is 0.301 e. The van der Waals surface area contributed by atoms with Crippen molar-refractivity contribution in [3.8, 4) is 22.1 Å². The molecule has 0 spiro atoms. The summed E-state index contributed by atoms with van der Waals surface area (Å²) in [5, 5.41) is 41.6. The summed E-state index contributed by atoms with van der Waals surface area (Å²) in [7, 11) is 4.47. The molecule has 5 aromatic rings. The molecule has 3 aromatic carbocycles. The van der Waals surface area contributed by atoms with Gasteiger partial charge in [0.25, 0.3) is 0 Å². The molecule has 4 aliphatic rings. The number of rotatable bonds is 9. The molecule has 9 rings (SSSR count). The Kier molecular flexibility index (Phi) is 9.74. The number of aromatic hydroxyl groups is 1. The normalized spacial score (nSPS) is 24.1. The maximum atomic E-state index is 15.3. The fourth-order valence-corrected chi connectivity index (χ4v) is 11.8. The summed E-state index contributed by atoms with van der Waals surface area (Å²) in [6.45, 7) is 5.66. The first kappa shape index (κ1) is 41.7. The Hall–Kier alpha value is -6.66. The van der Waals surface area contributed by atoms with Crippen LogP contribution in [-0.2, 0) is 26.2 Å². The lowest BCUT2D eigenvalue weighted by atomic mass is 9.51. The summed E-state index contributed by atoms with van der Waals surface area (Å²) in [4.78, 5) is 86.4. The number of aryl methyl sites for hydroxylation is 2. The number of imide groups is 2. The summed E-state index contributed by atoms with van der Waals surface area (Å²) in [6.07, 6.45) is 1.87. The molecule has 63 heavy (non-hydrogen) atoms. The molecule has 3 fully saturated rings. The molecular weight excluding hydrogens is 854 g/mol. The fraction of sp³-hybridized carbons (Fsp3) is 0.341. The second kappa shape index (κ2) is 14.7. The Morgan fingerprint density at radius 1 is 0.968 bits per heavy atom. The zero-order valence-electron chi connectivity index (χ0n) is 34.8. The lowest BCUT2D eigenvalue weighted by Gasteiger charge is -2.49. The van der Waals surface area contributed by atoms with Gasteiger partial charge in [0.1, 0.15) is 11.5 Å². The SMILES string of the molecule is CCOc1cc(C2C3=CCC4C(=O)N(c5cc([N+](=O)[O-])c(N(C)C)c([N+](=O)[O-])c5)C(=O)C4C3CC3C(=O)N(c4cc(-c5sc6ccc(Cl)cc6c5C)nn4C)C(=O)C32C)ccc1O. The van der Waals surface area contributed by atoms with Gasteiger partial charge in [-0.1, -0.05) is 29.3 Å². The lowest BCUT2D eigenvalue weighted by molar-refractivity contribution is -0.392. The third-order valence-electron chi connectivity index (χ3n) is 13.3. The summed E-state index contributed by atoms with van der Waals surface area (Å²) in [5.41, 5.74) is -0.734. The number of amides is 4. The third-order valence-corrected chi connectivity index (χ3v) is 14.8. The molecule has 1 N–H and O–H groups in total. The van der Waals surface area contributed by atoms with E-state index >= 15 is 9.59 Å². The molecular formula is C44H40ClN7O10S. The lowest BCUT2D eigenvalue weighted by Crippen LogP contribution is -2.49. The molecule has 324 valence electrons. The van der Waals surface area contributed by atoms with Crippen LogP contribution in [-0.4, -0.2) is 69.1 Å². The summed E-state index contributed by atoms with van der Waals surface area (Å²) >= 11 is 7.83. The molecule has 6 atom stereocenters. The van der Waals surface area contributed by atoms with Crippen molar-refractivity contribution in [2.24, 2.45) is 36.1 Å². The molecule has 19 heteroatoms. The van der Waals surface area contributed by atoms with E-state index in [4.69, 9.17) is 21.4 Å². The van der Waals surface area contributed by atoms with E-state index in [1.807, 2.05) is 31.2 Å². The summed E-state index contributed by atoms with van der Waals surface area (Å²) in [6, 6.07) is 14.0. The van der Waals surface area contributed by atoms with Gasteiger partial charge in [-0.05, 0) is 86.4 Å². The van der Waals surface area contributed by atoms with Crippen LogP contribution in [0.15, 0.2) is 66.2 Å². The van der Waals surface area contributed by atoms with Crippen molar-refractivity contribution in [1.29, 1.82) is 0 Å². The predicted octanol–water partition coefficient (Wildman–Crippen LogP) is 7.69. The van der Waals surface area contributed by atoms with Crippen LogP contribution in [0.25, 0.3) is 20.7 Å². The zero-order valence-corrected chi connectivity index (χ0v) is 36.4. The van der Waals surface area contributed by atoms with Crippen LogP contribution in [0.4, 0.5) is 28.6 Å². The number of phenolic OH excluding ortho intramolecular Hbond substituents is 1. The van der Waals surface area contributed by atoms with E-state index in [0.717, 1.165) is 42.5 Å². The van der Waals surface area contributed by atoms with Gasteiger partial charge in [0.05, 0.1) is 50.2 Å². The van der Waals surface area contributed by atoms with E-state index in [9.17, 15) is 34.9 Å². The van der Waals surface area contributed by atoms with Crippen LogP contribution in [0.3, 0.4) is 0 Å². The minimum Gasteiger partial charge on any atom is -0.504 e. The number of fused-ring (bicyclic) bond motifs is 5. The Morgan fingerprint density at radius 3 is 2.32 bits per heavy atom. The van der Waals surface area contributed by atoms with E-state index in [-0.39, 0.29) is 48.1 Å². The number of halogens is 1. The molecule has 6 unspecified atom stereocenters. The smallest absolute Gasteiger partial charge is 0.301 e. The highest BCUT2D eigenvalue weighted by atomic mass is 35.5. The standard InChI is InChI=1S/C44H40ClN7O10S/c1-7-62-33-14-21(8-12-32(33)53)37-24-10-11-25-36(42(56)49(40(25)54)23-16-30(51(58)59)38(47(4)5)31(17-23)52(60)61)27(24)18-28-41(55)50(43(57)44(28,37)3)35-19-29(46-48(35)6)39-20(2)26-15-22(45)9-13-34(26)63-39/h8-10,12-17,19,25,27-28,36-37,53H,7,11,18H2,1-6H3. The number of carbonyl (C=O) groups is 4. The Balaban J connectivity index is 1.16. The van der Waals surface area contributed by atoms with Gasteiger partial charge in [0, 0.05) is 55.0 Å². The highest BCUT2D eigenvalue weighted by Gasteiger charge is 2.68. The van der Waals surface area contributed by atoms with Crippen molar-refractivity contribution in [3.63, 3.8) is 0 Å². The molecule has 4 amide bonds. The van der Waals surface area contributed by atoms with Gasteiger partial charge in [-0.25, -0.2) is 9.80 Å². The number of benzene rings is 3. The molecule has 2 aromatic heterocycles. The van der Waals surface area contributed by atoms with Gasteiger partial charge >= 0.3 is 11.4 Å². The topological polar surface area (TPSA) is 212 Å². The number of nitro benzene ring substituents is 2. The number of nitro groups is 2. The quantitative estimate of drug-likeness (QED) is 0.0653. The number of allylic oxidation sites excluding steroid dienone is 2. The average molecular weight is 894 g/mol. The number of ether oxygens (including phenoxy) is 1. The molecule has 4 heterocycles. The van der Waals surface area contributed by atoms with E-state index in [1.54, 1.807) is 39.1 Å². The molecule has 2 aliphatic carbocycles. The van der Waals surface area contributed by atoms with Crippen LogP contribution in [0.5, 0.6) is 11.5 Å². The highest BCUT2D eigenvalue weighted by Crippen LogP contribution is 2.64. The largest absolute Gasteiger partial charge is 0.504 e. The van der Waals surface area contributed by atoms with E-state index in [0.29, 0.717) is 21.9 Å². The second-order valence-corrected chi connectivity index (χ2v) is 18.3. The van der Waals surface area contributed by atoms with Crippen LogP contribution >= 0.6 is 22.9 Å². The van der Waals surface area contributed by atoms with E-state index < -0.39 is 79.9 Å². The number of anilines is 3. The molecule has 1 saturated carbocycles. The summed E-state index contributed by atoms with van der Waals surface area (Å²) in [5.74, 6) is -6.90. The van der Waals surface area contributed by atoms with Gasteiger partial charge < -0.3 is 14.7 Å². The predicted molar refractivity (Wildman–Crippen MR) is 234 cm³/mol. The average Bonchev–Trinajstić information content (AvgIpc) is 3.91. The monoisotopic (exact) mass is 893 g/mol. The Bertz CT molecular complexity index is 2890. The number of hydrogen-bond acceptors (Lipinski definition) is 13. The molecule has 0 radical (unpaired) electrons. The number of thiophene rings is 1. The number of nitrogens with zero attached hydrogens (tertiary/aromatic N) is 7. The van der Waals surface area contributed by atoms with Crippen molar-refractivity contribution in [2.45, 2.75) is 39.5 Å². The van der Waals surface area contributed by atoms with Crippen molar-refractivity contribution >= 4 is 85.2 Å². The minimum absolute atomic E-state index is 0.00884. The van der Waals surface area contributed by atoms with Crippen molar-refractivity contribution in [2.75, 3.05) is 35.4 Å². The first-order valence-corrected chi connectivity index (χ1v) is 21.4. The van der Waals surface area contributed by atoms with Gasteiger partial charge in [0.2, 0.25) is 23.6 Å². The van der Waals surface area contributed by atoms with Crippen LogP contribution in [0.1, 0.15) is 43.7 Å². The first-order chi connectivity index (χ1) is 29.9. The Morgan fingerprint density at radius 2 is 1.67 bits per heavy atom. The van der Waals surface area contributed by atoms with Gasteiger partial charge in [-0.15, -0.1) is 11.3 Å². The van der Waals surface area contributed by atoms with Gasteiger partial charge in [0.15, 0.2) is 17.2 Å². The van der Waals surface area contributed by atoms with Crippen molar-refractivity contribution in [1.82, 2.24) is 9.78 Å². The highest BCUT2D eigenvalue weighted by molar-refractivity contribution is 7.22. The van der Waals surface area contributed by atoms with Crippen molar-refractivity contribution in [3.05, 3.63) is 103 Å². The minimum atomic E-state index is -1.45. The number of aromatic nitrogens is 2. The first-order valence-electron chi connectivity index (χ1n) is 20.2. The number of carbonyl (C=O) groups excluding carboxylic acids is 4. The van der Waals surface area contributed by atoms with Gasteiger partial charge in [-0.3, -0.25) is 44.1 Å². The van der Waals surface area contributed by atoms with Crippen LogP contribution in [0, 0.1) is 56.2 Å². The number of hydrogen-bond donors (Lipinski definition) is 1. The molecule has 2 aliphatic heterocycles. The Labute approximate surface area is 368 Å². The fourth-order valence-electron chi connectivity index (χ4n) is 10.5. The number of phenols is 1. The van der Waals surface area contributed by atoms with Crippen LogP contribution < -0.4 is 19.4 Å². The van der Waals surface area contributed by atoms with E-state index in [1.165, 1.54) is 41.1 Å². The maximum absolute atomic E-state index is 15.3. The third kappa shape index (κ3) is 6.05. The van der Waals surface area contributed by atoms with Crippen LogP contribution in [0.2, 0.25) is 5.02 Å². The van der Waals surface area contributed by atoms with Crippen molar-refractivity contribution < 1.29 is 38.9 Å². The molecule has 2 saturated heterocycles.